The van der Waals surface area contributed by atoms with Crippen LogP contribution in [0.2, 0.25) is 0 Å². The Bertz CT molecular complexity index is 1300. The molecule has 194 valence electrons. The molecule has 1 aromatic carbocycles. The van der Waals surface area contributed by atoms with Crippen LogP contribution in [0.4, 0.5) is 30.5 Å². The predicted octanol–water partition coefficient (Wildman–Crippen LogP) is 3.74. The minimum atomic E-state index is -4.56. The highest BCUT2D eigenvalue weighted by Crippen LogP contribution is 2.35. The average Bonchev–Trinajstić information content (AvgIpc) is 2.87. The first kappa shape index (κ1) is 25.0. The largest absolute Gasteiger partial charge is 0.416 e. The zero-order chi connectivity index (χ0) is 26.2. The van der Waals surface area contributed by atoms with Gasteiger partial charge in [0.15, 0.2) is 5.82 Å². The van der Waals surface area contributed by atoms with Crippen LogP contribution in [0.15, 0.2) is 48.7 Å². The molecule has 0 radical (unpaired) electrons. The fourth-order valence-corrected chi connectivity index (χ4v) is 4.43. The van der Waals surface area contributed by atoms with Gasteiger partial charge in [0.2, 0.25) is 0 Å². The molecule has 0 spiro atoms. The zero-order valence-corrected chi connectivity index (χ0v) is 20.1. The Morgan fingerprint density at radius 2 is 1.86 bits per heavy atom. The van der Waals surface area contributed by atoms with Crippen molar-refractivity contribution in [3.63, 3.8) is 0 Å². The van der Waals surface area contributed by atoms with Crippen LogP contribution in [0.25, 0.3) is 11.1 Å². The number of aliphatic hydroxyl groups excluding tert-OH is 1. The molecule has 2 aliphatic heterocycles. The number of amides is 1. The van der Waals surface area contributed by atoms with Gasteiger partial charge < -0.3 is 25.0 Å². The van der Waals surface area contributed by atoms with Gasteiger partial charge in [-0.15, -0.1) is 0 Å². The van der Waals surface area contributed by atoms with Gasteiger partial charge in [-0.2, -0.15) is 13.2 Å². The number of carbonyl (C=O) groups excluding carboxylic acids is 1. The molecule has 0 unspecified atom stereocenters. The number of aryl methyl sites for hydroxylation is 1. The Hall–Kier alpha value is -3.70. The molecule has 4 heterocycles. The van der Waals surface area contributed by atoms with Crippen molar-refractivity contribution >= 4 is 23.2 Å². The minimum Gasteiger partial charge on any atom is -0.389 e. The van der Waals surface area contributed by atoms with Crippen LogP contribution in [0.3, 0.4) is 0 Å². The summed E-state index contributed by atoms with van der Waals surface area (Å²) in [6, 6.07) is 9.84. The van der Waals surface area contributed by atoms with Crippen molar-refractivity contribution in [3.8, 4) is 11.1 Å². The van der Waals surface area contributed by atoms with Gasteiger partial charge >= 0.3 is 6.18 Å². The number of anilines is 3. The van der Waals surface area contributed by atoms with E-state index in [4.69, 9.17) is 9.72 Å². The lowest BCUT2D eigenvalue weighted by Crippen LogP contribution is -2.51. The number of nitrogens with one attached hydrogen (secondary N) is 1. The summed E-state index contributed by atoms with van der Waals surface area (Å²) in [6.45, 7) is 5.00. The van der Waals surface area contributed by atoms with Crippen molar-refractivity contribution in [1.29, 1.82) is 0 Å². The Labute approximate surface area is 211 Å². The van der Waals surface area contributed by atoms with Gasteiger partial charge in [0.1, 0.15) is 5.82 Å². The fourth-order valence-electron chi connectivity index (χ4n) is 4.43. The second-order valence-corrected chi connectivity index (χ2v) is 9.09. The van der Waals surface area contributed by atoms with E-state index in [1.807, 2.05) is 28.9 Å². The van der Waals surface area contributed by atoms with Gasteiger partial charge in [0.25, 0.3) is 5.91 Å². The van der Waals surface area contributed by atoms with Crippen molar-refractivity contribution in [1.82, 2.24) is 9.97 Å². The number of hydrogen-bond acceptors (Lipinski definition) is 7. The van der Waals surface area contributed by atoms with Gasteiger partial charge in [-0.3, -0.25) is 4.79 Å². The number of aliphatic hydroxyl groups is 1. The third-order valence-corrected chi connectivity index (χ3v) is 6.45. The van der Waals surface area contributed by atoms with Crippen molar-refractivity contribution in [2.24, 2.45) is 0 Å². The van der Waals surface area contributed by atoms with Crippen LogP contribution >= 0.6 is 0 Å². The Morgan fingerprint density at radius 1 is 1.11 bits per heavy atom. The topological polar surface area (TPSA) is 90.8 Å². The summed E-state index contributed by atoms with van der Waals surface area (Å²) in [5.41, 5.74) is 1.69. The van der Waals surface area contributed by atoms with E-state index in [0.29, 0.717) is 56.7 Å². The quantitative estimate of drug-likeness (QED) is 0.537. The molecule has 2 N–H and O–H groups in total. The highest BCUT2D eigenvalue weighted by molar-refractivity contribution is 6.06. The van der Waals surface area contributed by atoms with E-state index in [1.165, 1.54) is 12.1 Å². The summed E-state index contributed by atoms with van der Waals surface area (Å²) >= 11 is 0. The van der Waals surface area contributed by atoms with Gasteiger partial charge in [-0.25, -0.2) is 9.97 Å². The average molecular weight is 514 g/mol. The molecule has 5 rings (SSSR count). The number of benzene rings is 1. The number of hydrogen-bond donors (Lipinski definition) is 2. The number of carbonyl (C=O) groups is 1. The van der Waals surface area contributed by atoms with E-state index in [0.717, 1.165) is 29.0 Å². The molecule has 0 saturated carbocycles. The molecule has 11 heteroatoms. The number of β-amino-alcohol motifs (C(OH)–C–C–N with tert-alkyl or cyclic N) is 1. The zero-order valence-electron chi connectivity index (χ0n) is 20.1. The summed E-state index contributed by atoms with van der Waals surface area (Å²) < 4.78 is 45.1. The van der Waals surface area contributed by atoms with E-state index >= 15 is 0 Å². The molecule has 2 aliphatic rings. The number of ether oxygens (including phenoxy) is 1. The standard InChI is InChI=1S/C26H26F3N5O3/c1-16-21(17-5-6-30-23(12-17)34-14-20(35)15-34)13-22(24(31-16)33-7-9-37-10-8-33)32-25(36)18-3-2-4-19(11-18)26(27,28)29/h2-6,11-13,20,35H,7-10,14-15H2,1H3,(H,32,36). The highest BCUT2D eigenvalue weighted by Gasteiger charge is 2.31. The second-order valence-electron chi connectivity index (χ2n) is 9.09. The van der Waals surface area contributed by atoms with Crippen LogP contribution in [-0.4, -0.2) is 66.5 Å². The van der Waals surface area contributed by atoms with Crippen LogP contribution in [-0.2, 0) is 10.9 Å². The molecule has 0 atom stereocenters. The molecule has 0 aliphatic carbocycles. The number of rotatable bonds is 5. The van der Waals surface area contributed by atoms with Crippen molar-refractivity contribution in [2.45, 2.75) is 19.2 Å². The highest BCUT2D eigenvalue weighted by atomic mass is 19.4. The first-order valence-corrected chi connectivity index (χ1v) is 11.9. The number of aromatic nitrogens is 2. The van der Waals surface area contributed by atoms with Crippen LogP contribution in [0.1, 0.15) is 21.6 Å². The van der Waals surface area contributed by atoms with Gasteiger partial charge in [-0.1, -0.05) is 6.07 Å². The van der Waals surface area contributed by atoms with Crippen molar-refractivity contribution < 1.29 is 27.8 Å². The van der Waals surface area contributed by atoms with Crippen LogP contribution in [0.5, 0.6) is 0 Å². The first-order chi connectivity index (χ1) is 17.7. The lowest BCUT2D eigenvalue weighted by molar-refractivity contribution is -0.137. The molecule has 2 fully saturated rings. The maximum Gasteiger partial charge on any atom is 0.416 e. The lowest BCUT2D eigenvalue weighted by Gasteiger charge is -2.37. The molecule has 8 nitrogen and oxygen atoms in total. The van der Waals surface area contributed by atoms with Gasteiger partial charge in [0, 0.05) is 49.2 Å². The summed E-state index contributed by atoms with van der Waals surface area (Å²) in [7, 11) is 0. The van der Waals surface area contributed by atoms with Gasteiger partial charge in [0.05, 0.1) is 30.6 Å². The van der Waals surface area contributed by atoms with E-state index in [1.54, 1.807) is 12.3 Å². The Balaban J connectivity index is 1.51. The minimum absolute atomic E-state index is 0.104. The Kier molecular flexibility index (Phi) is 6.74. The second kappa shape index (κ2) is 9.98. The maximum atomic E-state index is 13.2. The van der Waals surface area contributed by atoms with Crippen molar-refractivity contribution in [2.75, 3.05) is 54.5 Å². The number of morpholine rings is 1. The predicted molar refractivity (Wildman–Crippen MR) is 133 cm³/mol. The molecule has 2 aromatic heterocycles. The molecular formula is C26H26F3N5O3. The van der Waals surface area contributed by atoms with E-state index < -0.39 is 17.6 Å². The summed E-state index contributed by atoms with van der Waals surface area (Å²) in [5, 5.41) is 12.4. The number of halogens is 3. The third-order valence-electron chi connectivity index (χ3n) is 6.45. The molecule has 1 amide bonds. The first-order valence-electron chi connectivity index (χ1n) is 11.9. The van der Waals surface area contributed by atoms with Gasteiger partial charge in [-0.05, 0) is 48.9 Å². The maximum absolute atomic E-state index is 13.2. The summed E-state index contributed by atoms with van der Waals surface area (Å²) in [6.07, 6.45) is -3.26. The molecule has 3 aromatic rings. The van der Waals surface area contributed by atoms with Crippen molar-refractivity contribution in [3.05, 3.63) is 65.5 Å². The van der Waals surface area contributed by atoms with Crippen LogP contribution < -0.4 is 15.1 Å². The smallest absolute Gasteiger partial charge is 0.389 e. The van der Waals surface area contributed by atoms with E-state index in [2.05, 4.69) is 10.3 Å². The number of alkyl halides is 3. The SMILES string of the molecule is Cc1nc(N2CCOCC2)c(NC(=O)c2cccc(C(F)(F)F)c2)cc1-c1ccnc(N2CC(O)C2)c1. The molecule has 37 heavy (non-hydrogen) atoms. The third kappa shape index (κ3) is 5.37. The van der Waals surface area contributed by atoms with Crippen LogP contribution in [0, 0.1) is 6.92 Å². The molecule has 2 saturated heterocycles. The monoisotopic (exact) mass is 513 g/mol. The fraction of sp³-hybridized carbons (Fsp3) is 0.346. The number of nitrogens with zero attached hydrogens (tertiary/aromatic N) is 4. The normalized spacial score (nSPS) is 16.5. The molecule has 0 bridgehead atoms. The van der Waals surface area contributed by atoms with E-state index in [9.17, 15) is 23.1 Å². The van der Waals surface area contributed by atoms with E-state index in [-0.39, 0.29) is 11.7 Å². The lowest BCUT2D eigenvalue weighted by atomic mass is 10.0. The summed E-state index contributed by atoms with van der Waals surface area (Å²) in [4.78, 5) is 26.2. The number of pyridine rings is 2. The molecular weight excluding hydrogens is 487 g/mol. The Morgan fingerprint density at radius 3 is 2.57 bits per heavy atom. The summed E-state index contributed by atoms with van der Waals surface area (Å²) in [5.74, 6) is 0.584.